The van der Waals surface area contributed by atoms with E-state index in [1.54, 1.807) is 24.1 Å². The second-order valence-electron chi connectivity index (χ2n) is 4.52. The molecular weight excluding hydrogens is 219 g/mol. The lowest BCUT2D eigenvalue weighted by molar-refractivity contribution is 0.0777. The predicted octanol–water partition coefficient (Wildman–Crippen LogP) is 1.51. The fourth-order valence-electron chi connectivity index (χ4n) is 1.87. The minimum atomic E-state index is -0.449. The Morgan fingerprint density at radius 3 is 2.76 bits per heavy atom. The first-order valence-corrected chi connectivity index (χ1v) is 5.89. The highest BCUT2D eigenvalue weighted by atomic mass is 19.1. The Morgan fingerprint density at radius 1 is 1.47 bits per heavy atom. The van der Waals surface area contributed by atoms with Gasteiger partial charge < -0.3 is 10.2 Å². The third kappa shape index (κ3) is 2.82. The molecule has 1 aliphatic heterocycles. The number of halogens is 1. The zero-order valence-corrected chi connectivity index (χ0v) is 9.95. The van der Waals surface area contributed by atoms with Crippen LogP contribution < -0.4 is 5.32 Å². The molecule has 17 heavy (non-hydrogen) atoms. The lowest BCUT2D eigenvalue weighted by Gasteiger charge is -2.29. The third-order valence-electron chi connectivity index (χ3n) is 3.19. The van der Waals surface area contributed by atoms with Crippen molar-refractivity contribution in [1.29, 1.82) is 0 Å². The van der Waals surface area contributed by atoms with Crippen molar-refractivity contribution in [3.05, 3.63) is 35.6 Å². The van der Waals surface area contributed by atoms with Crippen molar-refractivity contribution in [3.8, 4) is 0 Å². The standard InChI is InChI=1S/C13H17FN2O/c1-16(7-6-10-8-15-9-10)13(17)11-4-2-3-5-12(11)14/h2-5,10,15H,6-9H2,1H3. The molecule has 0 radical (unpaired) electrons. The number of hydrogen-bond donors (Lipinski definition) is 1. The van der Waals surface area contributed by atoms with Crippen molar-refractivity contribution in [1.82, 2.24) is 10.2 Å². The summed E-state index contributed by atoms with van der Waals surface area (Å²) in [5.41, 5.74) is 0.154. The molecular formula is C13H17FN2O. The molecule has 0 unspecified atom stereocenters. The molecule has 1 saturated heterocycles. The van der Waals surface area contributed by atoms with Gasteiger partial charge in [0.15, 0.2) is 0 Å². The van der Waals surface area contributed by atoms with E-state index in [1.807, 2.05) is 0 Å². The quantitative estimate of drug-likeness (QED) is 0.859. The summed E-state index contributed by atoms with van der Waals surface area (Å²) in [6, 6.07) is 6.11. The Hall–Kier alpha value is -1.42. The van der Waals surface area contributed by atoms with Gasteiger partial charge in [0.05, 0.1) is 5.56 Å². The average Bonchev–Trinajstić information content (AvgIpc) is 2.26. The van der Waals surface area contributed by atoms with E-state index in [1.165, 1.54) is 12.1 Å². The summed E-state index contributed by atoms with van der Waals surface area (Å²) < 4.78 is 13.4. The topological polar surface area (TPSA) is 32.3 Å². The number of carbonyl (C=O) groups is 1. The first-order valence-electron chi connectivity index (χ1n) is 5.89. The molecule has 0 saturated carbocycles. The Balaban J connectivity index is 1.92. The molecule has 4 heteroatoms. The maximum atomic E-state index is 13.4. The number of hydrogen-bond acceptors (Lipinski definition) is 2. The molecule has 0 atom stereocenters. The highest BCUT2D eigenvalue weighted by Gasteiger charge is 2.20. The van der Waals surface area contributed by atoms with E-state index in [-0.39, 0.29) is 11.5 Å². The second-order valence-corrected chi connectivity index (χ2v) is 4.52. The van der Waals surface area contributed by atoms with Crippen LogP contribution in [0.5, 0.6) is 0 Å². The average molecular weight is 236 g/mol. The third-order valence-corrected chi connectivity index (χ3v) is 3.19. The number of carbonyl (C=O) groups excluding carboxylic acids is 1. The van der Waals surface area contributed by atoms with E-state index < -0.39 is 5.82 Å². The van der Waals surface area contributed by atoms with Crippen molar-refractivity contribution < 1.29 is 9.18 Å². The molecule has 1 N–H and O–H groups in total. The molecule has 1 heterocycles. The SMILES string of the molecule is CN(CCC1CNC1)C(=O)c1ccccc1F. The molecule has 0 spiro atoms. The smallest absolute Gasteiger partial charge is 0.256 e. The largest absolute Gasteiger partial charge is 0.342 e. The molecule has 1 fully saturated rings. The van der Waals surface area contributed by atoms with E-state index in [4.69, 9.17) is 0 Å². The van der Waals surface area contributed by atoms with Crippen LogP contribution in [-0.2, 0) is 0 Å². The van der Waals surface area contributed by atoms with E-state index >= 15 is 0 Å². The fourth-order valence-corrected chi connectivity index (χ4v) is 1.87. The highest BCUT2D eigenvalue weighted by Crippen LogP contribution is 2.12. The number of amides is 1. The molecule has 0 aliphatic carbocycles. The zero-order chi connectivity index (χ0) is 12.3. The van der Waals surface area contributed by atoms with Gasteiger partial charge in [-0.05, 0) is 37.6 Å². The van der Waals surface area contributed by atoms with Crippen molar-refractivity contribution in [3.63, 3.8) is 0 Å². The van der Waals surface area contributed by atoms with Gasteiger partial charge in [-0.1, -0.05) is 12.1 Å². The second kappa shape index (κ2) is 5.27. The Labute approximate surface area is 101 Å². The monoisotopic (exact) mass is 236 g/mol. The molecule has 1 aromatic carbocycles. The molecule has 1 amide bonds. The first-order chi connectivity index (χ1) is 8.18. The van der Waals surface area contributed by atoms with Gasteiger partial charge >= 0.3 is 0 Å². The summed E-state index contributed by atoms with van der Waals surface area (Å²) in [4.78, 5) is 13.5. The van der Waals surface area contributed by atoms with Gasteiger partial charge in [0.2, 0.25) is 0 Å². The fraction of sp³-hybridized carbons (Fsp3) is 0.462. The van der Waals surface area contributed by atoms with Crippen LogP contribution in [0.15, 0.2) is 24.3 Å². The van der Waals surface area contributed by atoms with Crippen molar-refractivity contribution >= 4 is 5.91 Å². The summed E-state index contributed by atoms with van der Waals surface area (Å²) in [5, 5.41) is 3.19. The van der Waals surface area contributed by atoms with Gasteiger partial charge in [-0.2, -0.15) is 0 Å². The summed E-state index contributed by atoms with van der Waals surface area (Å²) >= 11 is 0. The van der Waals surface area contributed by atoms with E-state index in [0.29, 0.717) is 12.5 Å². The maximum absolute atomic E-state index is 13.4. The van der Waals surface area contributed by atoms with Gasteiger partial charge in [0.1, 0.15) is 5.82 Å². The Morgan fingerprint density at radius 2 is 2.18 bits per heavy atom. The van der Waals surface area contributed by atoms with Crippen molar-refractivity contribution in [2.45, 2.75) is 6.42 Å². The number of benzene rings is 1. The van der Waals surface area contributed by atoms with Crippen LogP contribution in [0.2, 0.25) is 0 Å². The van der Waals surface area contributed by atoms with Crippen molar-refractivity contribution in [2.75, 3.05) is 26.7 Å². The lowest BCUT2D eigenvalue weighted by atomic mass is 9.99. The maximum Gasteiger partial charge on any atom is 0.256 e. The number of nitrogens with zero attached hydrogens (tertiary/aromatic N) is 1. The van der Waals surface area contributed by atoms with Crippen molar-refractivity contribution in [2.24, 2.45) is 5.92 Å². The normalized spacial score (nSPS) is 15.4. The van der Waals surface area contributed by atoms with Gasteiger partial charge in [0.25, 0.3) is 5.91 Å². The molecule has 2 rings (SSSR count). The van der Waals surface area contributed by atoms with Crippen LogP contribution in [0.4, 0.5) is 4.39 Å². The van der Waals surface area contributed by atoms with Crippen LogP contribution in [0.25, 0.3) is 0 Å². The molecule has 0 bridgehead atoms. The number of rotatable bonds is 4. The van der Waals surface area contributed by atoms with Crippen LogP contribution in [0.3, 0.4) is 0 Å². The summed E-state index contributed by atoms with van der Waals surface area (Å²) in [6.07, 6.45) is 0.976. The molecule has 1 aliphatic rings. The summed E-state index contributed by atoms with van der Waals surface area (Å²) in [7, 11) is 1.72. The van der Waals surface area contributed by atoms with Gasteiger partial charge in [-0.15, -0.1) is 0 Å². The van der Waals surface area contributed by atoms with Gasteiger partial charge in [0, 0.05) is 13.6 Å². The summed E-state index contributed by atoms with van der Waals surface area (Å²) in [5.74, 6) is -0.0316. The first kappa shape index (κ1) is 12.0. The lowest BCUT2D eigenvalue weighted by Crippen LogP contribution is -2.43. The molecule has 92 valence electrons. The number of nitrogens with one attached hydrogen (secondary N) is 1. The summed E-state index contributed by atoms with van der Waals surface area (Å²) in [6.45, 7) is 2.74. The molecule has 1 aromatic rings. The van der Waals surface area contributed by atoms with Gasteiger partial charge in [-0.3, -0.25) is 4.79 Å². The van der Waals surface area contributed by atoms with E-state index in [9.17, 15) is 9.18 Å². The minimum absolute atomic E-state index is 0.154. The Bertz CT molecular complexity index is 404. The predicted molar refractivity (Wildman–Crippen MR) is 64.3 cm³/mol. The van der Waals surface area contributed by atoms with E-state index in [0.717, 1.165) is 19.5 Å². The molecule has 3 nitrogen and oxygen atoms in total. The molecule has 0 aromatic heterocycles. The zero-order valence-electron chi connectivity index (χ0n) is 9.95. The minimum Gasteiger partial charge on any atom is -0.342 e. The van der Waals surface area contributed by atoms with Gasteiger partial charge in [-0.25, -0.2) is 4.39 Å². The van der Waals surface area contributed by atoms with Crippen LogP contribution in [-0.4, -0.2) is 37.5 Å². The van der Waals surface area contributed by atoms with Crippen LogP contribution >= 0.6 is 0 Å². The van der Waals surface area contributed by atoms with Crippen LogP contribution in [0, 0.1) is 11.7 Å². The highest BCUT2D eigenvalue weighted by molar-refractivity contribution is 5.94. The Kier molecular flexibility index (Phi) is 3.74. The van der Waals surface area contributed by atoms with Crippen LogP contribution in [0.1, 0.15) is 16.8 Å². The van der Waals surface area contributed by atoms with E-state index in [2.05, 4.69) is 5.32 Å².